The van der Waals surface area contributed by atoms with Crippen molar-refractivity contribution in [3.05, 3.63) is 35.1 Å². The normalized spacial score (nSPS) is 19.8. The molecule has 1 saturated carbocycles. The Kier molecular flexibility index (Phi) is 3.40. The average Bonchev–Trinajstić information content (AvgIpc) is 2.23. The molecule has 0 saturated heterocycles. The predicted molar refractivity (Wildman–Crippen MR) is 56.6 cm³/mol. The second kappa shape index (κ2) is 4.66. The molecule has 1 aromatic carbocycles. The highest BCUT2D eigenvalue weighted by atomic mass is 19.2. The summed E-state index contributed by atoms with van der Waals surface area (Å²) in [5.41, 5.74) is 5.51. The summed E-state index contributed by atoms with van der Waals surface area (Å²) in [6, 6.07) is 0.886. The fourth-order valence-corrected chi connectivity index (χ4v) is 2.06. The molecule has 0 aromatic heterocycles. The van der Waals surface area contributed by atoms with Gasteiger partial charge in [-0.3, -0.25) is 0 Å². The summed E-state index contributed by atoms with van der Waals surface area (Å²) in [4.78, 5) is 0. The zero-order chi connectivity index (χ0) is 12.6. The first-order valence-electron chi connectivity index (χ1n) is 5.59. The van der Waals surface area contributed by atoms with Crippen molar-refractivity contribution < 1.29 is 18.3 Å². The number of halogens is 3. The molecule has 1 aliphatic rings. The number of benzene rings is 1. The van der Waals surface area contributed by atoms with E-state index >= 15 is 0 Å². The van der Waals surface area contributed by atoms with Crippen LogP contribution in [-0.4, -0.2) is 11.2 Å². The van der Waals surface area contributed by atoms with Crippen molar-refractivity contribution in [2.24, 2.45) is 11.7 Å². The Morgan fingerprint density at radius 3 is 2.35 bits per heavy atom. The number of rotatable bonds is 3. The van der Waals surface area contributed by atoms with E-state index in [-0.39, 0.29) is 11.5 Å². The zero-order valence-electron chi connectivity index (χ0n) is 9.17. The van der Waals surface area contributed by atoms with E-state index in [1.165, 1.54) is 0 Å². The molecule has 0 unspecified atom stereocenters. The van der Waals surface area contributed by atoms with Gasteiger partial charge in [-0.2, -0.15) is 0 Å². The second-order valence-electron chi connectivity index (χ2n) is 4.47. The van der Waals surface area contributed by atoms with Gasteiger partial charge in [0.05, 0.1) is 12.1 Å². The number of hydrogen-bond donors (Lipinski definition) is 2. The highest BCUT2D eigenvalue weighted by Gasteiger charge is 2.32. The fraction of sp³-hybridized carbons (Fsp3) is 0.500. The van der Waals surface area contributed by atoms with Crippen LogP contribution in [0.1, 0.15) is 30.9 Å². The van der Waals surface area contributed by atoms with E-state index in [0.29, 0.717) is 0 Å². The highest BCUT2D eigenvalue weighted by molar-refractivity contribution is 5.24. The summed E-state index contributed by atoms with van der Waals surface area (Å²) in [6.07, 6.45) is 1.76. The topological polar surface area (TPSA) is 46.2 Å². The van der Waals surface area contributed by atoms with Gasteiger partial charge in [0.15, 0.2) is 17.5 Å². The number of aliphatic hydroxyl groups excluding tert-OH is 1. The molecule has 3 N–H and O–H groups in total. The van der Waals surface area contributed by atoms with Crippen LogP contribution in [0.3, 0.4) is 0 Å². The molecule has 2 atom stereocenters. The van der Waals surface area contributed by atoms with E-state index in [9.17, 15) is 18.3 Å². The van der Waals surface area contributed by atoms with Gasteiger partial charge in [0.2, 0.25) is 0 Å². The Morgan fingerprint density at radius 2 is 1.82 bits per heavy atom. The van der Waals surface area contributed by atoms with Gasteiger partial charge < -0.3 is 10.8 Å². The van der Waals surface area contributed by atoms with Crippen LogP contribution in [0.4, 0.5) is 13.2 Å². The van der Waals surface area contributed by atoms with Gasteiger partial charge in [-0.25, -0.2) is 13.2 Å². The summed E-state index contributed by atoms with van der Waals surface area (Å²) in [7, 11) is 0. The Balaban J connectivity index is 2.24. The largest absolute Gasteiger partial charge is 0.391 e. The third-order valence-corrected chi connectivity index (χ3v) is 3.42. The van der Waals surface area contributed by atoms with Crippen molar-refractivity contribution in [1.82, 2.24) is 0 Å². The number of aliphatic hydroxyl groups is 1. The summed E-state index contributed by atoms with van der Waals surface area (Å²) in [6.45, 7) is 0. The lowest BCUT2D eigenvalue weighted by molar-refractivity contribution is 0.0402. The quantitative estimate of drug-likeness (QED) is 0.802. The van der Waals surface area contributed by atoms with Crippen LogP contribution in [0.2, 0.25) is 0 Å². The third kappa shape index (κ3) is 2.17. The van der Waals surface area contributed by atoms with Gasteiger partial charge in [-0.1, -0.05) is 12.5 Å². The molecular formula is C12H14F3NO. The minimum Gasteiger partial charge on any atom is -0.391 e. The zero-order valence-corrected chi connectivity index (χ0v) is 9.17. The van der Waals surface area contributed by atoms with Crippen LogP contribution in [0.25, 0.3) is 0 Å². The SMILES string of the molecule is N[C@@H](c1ccc(F)c(F)c1F)[C@H](O)C1CCC1. The van der Waals surface area contributed by atoms with Crippen molar-refractivity contribution in [3.8, 4) is 0 Å². The van der Waals surface area contributed by atoms with Crippen LogP contribution in [0, 0.1) is 23.4 Å². The molecule has 0 bridgehead atoms. The van der Waals surface area contributed by atoms with Gasteiger partial charge in [0, 0.05) is 5.56 Å². The van der Waals surface area contributed by atoms with E-state index in [0.717, 1.165) is 31.4 Å². The molecular weight excluding hydrogens is 231 g/mol. The molecule has 2 nitrogen and oxygen atoms in total. The first kappa shape index (κ1) is 12.4. The maximum absolute atomic E-state index is 13.5. The minimum absolute atomic E-state index is 0.0255. The lowest BCUT2D eigenvalue weighted by Gasteiger charge is -2.33. The van der Waals surface area contributed by atoms with Crippen LogP contribution in [-0.2, 0) is 0 Å². The van der Waals surface area contributed by atoms with E-state index in [1.54, 1.807) is 0 Å². The Hall–Kier alpha value is -1.07. The number of hydrogen-bond acceptors (Lipinski definition) is 2. The maximum atomic E-state index is 13.5. The van der Waals surface area contributed by atoms with Crippen LogP contribution in [0.5, 0.6) is 0 Å². The van der Waals surface area contributed by atoms with E-state index < -0.39 is 29.6 Å². The van der Waals surface area contributed by atoms with E-state index in [1.807, 2.05) is 0 Å². The van der Waals surface area contributed by atoms with Gasteiger partial charge in [0.1, 0.15) is 0 Å². The lowest BCUT2D eigenvalue weighted by atomic mass is 9.77. The molecule has 5 heteroatoms. The van der Waals surface area contributed by atoms with Crippen LogP contribution >= 0.6 is 0 Å². The molecule has 1 fully saturated rings. The highest BCUT2D eigenvalue weighted by Crippen LogP contribution is 2.35. The van der Waals surface area contributed by atoms with E-state index in [2.05, 4.69) is 0 Å². The van der Waals surface area contributed by atoms with Gasteiger partial charge in [-0.15, -0.1) is 0 Å². The summed E-state index contributed by atoms with van der Waals surface area (Å²) < 4.78 is 39.2. The summed E-state index contributed by atoms with van der Waals surface area (Å²) in [5, 5.41) is 9.87. The first-order valence-corrected chi connectivity index (χ1v) is 5.59. The molecule has 0 radical (unpaired) electrons. The second-order valence-corrected chi connectivity index (χ2v) is 4.47. The third-order valence-electron chi connectivity index (χ3n) is 3.42. The average molecular weight is 245 g/mol. The van der Waals surface area contributed by atoms with Gasteiger partial charge >= 0.3 is 0 Å². The fourth-order valence-electron chi connectivity index (χ4n) is 2.06. The molecule has 94 valence electrons. The van der Waals surface area contributed by atoms with Crippen molar-refractivity contribution in [2.75, 3.05) is 0 Å². The van der Waals surface area contributed by atoms with Crippen molar-refractivity contribution >= 4 is 0 Å². The minimum atomic E-state index is -1.54. The lowest BCUT2D eigenvalue weighted by Crippen LogP contribution is -2.37. The standard InChI is InChI=1S/C12H14F3NO/c13-8-5-4-7(9(14)10(8)15)11(16)12(17)6-2-1-3-6/h4-6,11-12,17H,1-3,16H2/t11-,12+/m0/s1. The molecule has 0 heterocycles. The molecule has 0 spiro atoms. The molecule has 1 aliphatic carbocycles. The van der Waals surface area contributed by atoms with Crippen molar-refractivity contribution in [1.29, 1.82) is 0 Å². The summed E-state index contributed by atoms with van der Waals surface area (Å²) in [5.74, 6) is -4.08. The first-order chi connectivity index (χ1) is 8.02. The van der Waals surface area contributed by atoms with Crippen LogP contribution < -0.4 is 5.73 Å². The van der Waals surface area contributed by atoms with Crippen molar-refractivity contribution in [2.45, 2.75) is 31.4 Å². The molecule has 0 aliphatic heterocycles. The monoisotopic (exact) mass is 245 g/mol. The molecule has 17 heavy (non-hydrogen) atoms. The predicted octanol–water partition coefficient (Wildman–Crippen LogP) is 2.26. The molecule has 2 rings (SSSR count). The van der Waals surface area contributed by atoms with Crippen molar-refractivity contribution in [3.63, 3.8) is 0 Å². The smallest absolute Gasteiger partial charge is 0.194 e. The summed E-state index contributed by atoms with van der Waals surface area (Å²) >= 11 is 0. The van der Waals surface area contributed by atoms with Gasteiger partial charge in [-0.05, 0) is 24.8 Å². The molecule has 0 amide bonds. The van der Waals surface area contributed by atoms with E-state index in [4.69, 9.17) is 5.73 Å². The van der Waals surface area contributed by atoms with Crippen LogP contribution in [0.15, 0.2) is 12.1 Å². The Bertz CT molecular complexity index is 420. The Labute approximate surface area is 97.2 Å². The molecule has 1 aromatic rings. The Morgan fingerprint density at radius 1 is 1.18 bits per heavy atom. The number of nitrogens with two attached hydrogens (primary N) is 1. The maximum Gasteiger partial charge on any atom is 0.194 e. The van der Waals surface area contributed by atoms with Gasteiger partial charge in [0.25, 0.3) is 0 Å².